The van der Waals surface area contributed by atoms with E-state index < -0.39 is 0 Å². The topological polar surface area (TPSA) is 83.6 Å². The number of rotatable bonds is 9. The van der Waals surface area contributed by atoms with E-state index in [2.05, 4.69) is 10.3 Å². The van der Waals surface area contributed by atoms with Gasteiger partial charge < -0.3 is 19.9 Å². The third kappa shape index (κ3) is 5.83. The Hall–Kier alpha value is -2.08. The molecule has 0 saturated carbocycles. The smallest absolute Gasteiger partial charge is 0.118 e. The van der Waals surface area contributed by atoms with Gasteiger partial charge in [0.25, 0.3) is 0 Å². The van der Waals surface area contributed by atoms with Gasteiger partial charge in [0.15, 0.2) is 0 Å². The van der Waals surface area contributed by atoms with Crippen molar-refractivity contribution in [2.24, 2.45) is 10.3 Å². The number of hydrogen-bond donors (Lipinski definition) is 2. The Kier molecular flexibility index (Phi) is 7.89. The number of hydrogen-bond acceptors (Lipinski definition) is 6. The van der Waals surface area contributed by atoms with E-state index in [4.69, 9.17) is 19.9 Å². The maximum Gasteiger partial charge on any atom is 0.118 e. The molecule has 0 spiro atoms. The van der Waals surface area contributed by atoms with E-state index in [1.54, 1.807) is 7.11 Å². The number of ether oxygens (including phenoxy) is 2. The molecule has 0 radical (unpaired) electrons. The number of nitrogens with zero attached hydrogens (tertiary/aromatic N) is 2. The zero-order chi connectivity index (χ0) is 15.5. The molecule has 0 heterocycles. The van der Waals surface area contributed by atoms with Gasteiger partial charge in [-0.2, -0.15) is 0 Å². The Balaban J connectivity index is 2.27. The maximum absolute atomic E-state index is 8.89. The average Bonchev–Trinajstić information content (AvgIpc) is 2.54. The second-order valence-electron chi connectivity index (χ2n) is 4.45. The van der Waals surface area contributed by atoms with Crippen molar-refractivity contribution in [2.75, 3.05) is 13.7 Å². The van der Waals surface area contributed by atoms with Gasteiger partial charge in [0.05, 0.1) is 13.7 Å². The molecular formula is C15H22N2O4. The summed E-state index contributed by atoms with van der Waals surface area (Å²) in [5.41, 5.74) is 1.86. The molecule has 0 saturated heterocycles. The normalized spacial score (nSPS) is 12.5. The van der Waals surface area contributed by atoms with Gasteiger partial charge >= 0.3 is 0 Å². The monoisotopic (exact) mass is 294 g/mol. The Morgan fingerprint density at radius 1 is 1.10 bits per heavy atom. The quantitative estimate of drug-likeness (QED) is 0.317. The van der Waals surface area contributed by atoms with Crippen LogP contribution in [0, 0.1) is 0 Å². The van der Waals surface area contributed by atoms with Gasteiger partial charge in [-0.1, -0.05) is 29.4 Å². The highest BCUT2D eigenvalue weighted by atomic mass is 16.5. The molecule has 0 aliphatic heterocycles. The van der Waals surface area contributed by atoms with Crippen molar-refractivity contribution in [1.82, 2.24) is 0 Å². The lowest BCUT2D eigenvalue weighted by Crippen LogP contribution is -2.14. The molecule has 6 heteroatoms. The summed E-state index contributed by atoms with van der Waals surface area (Å²) in [6.45, 7) is 2.89. The summed E-state index contributed by atoms with van der Waals surface area (Å²) in [7, 11) is 1.63. The number of methoxy groups -OCH3 is 1. The molecule has 21 heavy (non-hydrogen) atoms. The van der Waals surface area contributed by atoms with Crippen LogP contribution in [0.1, 0.15) is 31.7 Å². The summed E-state index contributed by atoms with van der Waals surface area (Å²) >= 11 is 0. The summed E-state index contributed by atoms with van der Waals surface area (Å²) in [5.74, 6) is 0.818. The van der Waals surface area contributed by atoms with E-state index in [-0.39, 0.29) is 0 Å². The minimum absolute atomic E-state index is 0.396. The molecule has 2 N–H and O–H groups in total. The van der Waals surface area contributed by atoms with E-state index in [1.165, 1.54) is 0 Å². The second-order valence-corrected chi connectivity index (χ2v) is 4.45. The van der Waals surface area contributed by atoms with Crippen molar-refractivity contribution >= 4 is 11.4 Å². The zero-order valence-corrected chi connectivity index (χ0v) is 12.5. The summed E-state index contributed by atoms with van der Waals surface area (Å²) in [5, 5.41) is 23.9. The molecule has 0 atom stereocenters. The fourth-order valence-electron chi connectivity index (χ4n) is 1.84. The first-order valence-electron chi connectivity index (χ1n) is 6.88. The van der Waals surface area contributed by atoms with Crippen LogP contribution in [-0.2, 0) is 11.3 Å². The van der Waals surface area contributed by atoms with Gasteiger partial charge in [0.1, 0.15) is 17.2 Å². The molecule has 0 bridgehead atoms. The Bertz CT molecular complexity index is 469. The average molecular weight is 294 g/mol. The highest BCUT2D eigenvalue weighted by Crippen LogP contribution is 2.12. The molecule has 0 fully saturated rings. The Morgan fingerprint density at radius 2 is 1.76 bits per heavy atom. The van der Waals surface area contributed by atoms with Crippen LogP contribution in [0.15, 0.2) is 34.6 Å². The van der Waals surface area contributed by atoms with Gasteiger partial charge in [-0.3, -0.25) is 0 Å². The van der Waals surface area contributed by atoms with Crippen molar-refractivity contribution in [1.29, 1.82) is 0 Å². The van der Waals surface area contributed by atoms with Crippen molar-refractivity contribution in [3.05, 3.63) is 29.8 Å². The summed E-state index contributed by atoms with van der Waals surface area (Å²) in [4.78, 5) is 0. The van der Waals surface area contributed by atoms with Crippen LogP contribution in [0.25, 0.3) is 0 Å². The van der Waals surface area contributed by atoms with Crippen molar-refractivity contribution < 1.29 is 19.9 Å². The predicted octanol–water partition coefficient (Wildman–Crippen LogP) is 3.06. The molecule has 1 aromatic carbocycles. The van der Waals surface area contributed by atoms with Crippen LogP contribution in [0.4, 0.5) is 0 Å². The zero-order valence-electron chi connectivity index (χ0n) is 12.5. The van der Waals surface area contributed by atoms with Crippen LogP contribution in [-0.4, -0.2) is 35.6 Å². The molecule has 0 unspecified atom stereocenters. The molecule has 0 aliphatic carbocycles. The lowest BCUT2D eigenvalue weighted by atomic mass is 10.1. The molecular weight excluding hydrogens is 272 g/mol. The maximum atomic E-state index is 8.89. The summed E-state index contributed by atoms with van der Waals surface area (Å²) in [6.07, 6.45) is 1.71. The van der Waals surface area contributed by atoms with Crippen LogP contribution >= 0.6 is 0 Å². The highest BCUT2D eigenvalue weighted by molar-refractivity contribution is 6.41. The van der Waals surface area contributed by atoms with Crippen LogP contribution in [0.2, 0.25) is 0 Å². The molecule has 1 rings (SSSR count). The lowest BCUT2D eigenvalue weighted by molar-refractivity contribution is 0.119. The largest absolute Gasteiger partial charge is 0.497 e. The third-order valence-corrected chi connectivity index (χ3v) is 3.04. The number of benzene rings is 1. The first kappa shape index (κ1) is 17.0. The highest BCUT2D eigenvalue weighted by Gasteiger charge is 2.08. The van der Waals surface area contributed by atoms with E-state index >= 15 is 0 Å². The number of oxime groups is 2. The first-order valence-corrected chi connectivity index (χ1v) is 6.88. The molecule has 0 aromatic heterocycles. The first-order chi connectivity index (χ1) is 10.2. The lowest BCUT2D eigenvalue weighted by Gasteiger charge is -2.07. The fourth-order valence-corrected chi connectivity index (χ4v) is 1.84. The minimum atomic E-state index is 0.396. The van der Waals surface area contributed by atoms with Gasteiger partial charge in [0.2, 0.25) is 0 Å². The fraction of sp³-hybridized carbons (Fsp3) is 0.467. The van der Waals surface area contributed by atoms with Gasteiger partial charge in [-0.25, -0.2) is 0 Å². The van der Waals surface area contributed by atoms with Gasteiger partial charge in [0, 0.05) is 6.61 Å². The van der Waals surface area contributed by atoms with E-state index in [1.807, 2.05) is 31.2 Å². The predicted molar refractivity (Wildman–Crippen MR) is 80.6 cm³/mol. The van der Waals surface area contributed by atoms with E-state index in [0.29, 0.717) is 43.9 Å². The molecule has 116 valence electrons. The van der Waals surface area contributed by atoms with Gasteiger partial charge in [-0.05, 0) is 37.0 Å². The molecule has 6 nitrogen and oxygen atoms in total. The second kappa shape index (κ2) is 9.77. The Morgan fingerprint density at radius 3 is 2.29 bits per heavy atom. The minimum Gasteiger partial charge on any atom is -0.497 e. The molecule has 0 amide bonds. The Labute approximate surface area is 124 Å². The van der Waals surface area contributed by atoms with E-state index in [9.17, 15) is 0 Å². The van der Waals surface area contributed by atoms with Crippen LogP contribution < -0.4 is 4.74 Å². The third-order valence-electron chi connectivity index (χ3n) is 3.04. The van der Waals surface area contributed by atoms with Crippen molar-refractivity contribution in [3.8, 4) is 5.75 Å². The van der Waals surface area contributed by atoms with Crippen LogP contribution in [0.5, 0.6) is 5.75 Å². The molecule has 1 aromatic rings. The van der Waals surface area contributed by atoms with Gasteiger partial charge in [-0.15, -0.1) is 0 Å². The standard InChI is InChI=1S/C15H22N2O4/c1-3-14(16-18)15(17-19)5-4-10-21-11-12-6-8-13(20-2)9-7-12/h6-9,18-19H,3-5,10-11H2,1-2H3/b16-14+,17-15-. The SMILES string of the molecule is CCC(=N\O)/C(CCCOCc1ccc(OC)cc1)=N\O. The summed E-state index contributed by atoms with van der Waals surface area (Å²) in [6, 6.07) is 7.68. The van der Waals surface area contributed by atoms with E-state index in [0.717, 1.165) is 11.3 Å². The van der Waals surface area contributed by atoms with Crippen LogP contribution in [0.3, 0.4) is 0 Å². The van der Waals surface area contributed by atoms with Crippen molar-refractivity contribution in [3.63, 3.8) is 0 Å². The summed E-state index contributed by atoms with van der Waals surface area (Å²) < 4.78 is 10.6. The van der Waals surface area contributed by atoms with Crippen molar-refractivity contribution in [2.45, 2.75) is 32.8 Å². The molecule has 0 aliphatic rings.